The van der Waals surface area contributed by atoms with Crippen molar-refractivity contribution in [2.75, 3.05) is 0 Å². The molecule has 0 amide bonds. The van der Waals surface area contributed by atoms with Crippen LogP contribution in [0, 0.1) is 0 Å². The first-order valence-corrected chi connectivity index (χ1v) is 9.64. The van der Waals surface area contributed by atoms with Gasteiger partial charge in [0, 0.05) is 10.0 Å². The van der Waals surface area contributed by atoms with E-state index in [0.29, 0.717) is 0 Å². The first-order chi connectivity index (χ1) is 5.91. The van der Waals surface area contributed by atoms with E-state index in [1.165, 1.54) is 0 Å². The van der Waals surface area contributed by atoms with Crippen LogP contribution in [-0.4, -0.2) is 6.00 Å². The van der Waals surface area contributed by atoms with Gasteiger partial charge in [0.2, 0.25) is 0 Å². The van der Waals surface area contributed by atoms with Gasteiger partial charge in [-0.15, -0.1) is 33.2 Å². The van der Waals surface area contributed by atoms with Crippen LogP contribution in [0.25, 0.3) is 0 Å². The molecule has 1 rings (SSSR count). The van der Waals surface area contributed by atoms with Crippen LogP contribution in [0.2, 0.25) is 0 Å². The molecule has 0 saturated heterocycles. The molecule has 13 heavy (non-hydrogen) atoms. The van der Waals surface area contributed by atoms with Crippen molar-refractivity contribution in [3.63, 3.8) is 0 Å². The van der Waals surface area contributed by atoms with Crippen molar-refractivity contribution in [3.05, 3.63) is 34.3 Å². The summed E-state index contributed by atoms with van der Waals surface area (Å²) in [5.41, 5.74) is 1.09. The molecule has 72 valence electrons. The molecule has 0 radical (unpaired) electrons. The molecule has 0 bridgehead atoms. The molecule has 0 nitrogen and oxygen atoms in total. The lowest BCUT2D eigenvalue weighted by atomic mass is 10.2. The van der Waals surface area contributed by atoms with Gasteiger partial charge in [-0.2, -0.15) is 0 Å². The second-order valence-electron chi connectivity index (χ2n) is 2.82. The molecule has 0 heterocycles. The fourth-order valence-corrected chi connectivity index (χ4v) is 3.07. The highest BCUT2D eigenvalue weighted by Crippen LogP contribution is 2.36. The molecular weight excluding hydrogens is 310 g/mol. The molecule has 5 heteroatoms. The topological polar surface area (TPSA) is 0 Å². The maximum Gasteiger partial charge on any atom is 0.348 e. The summed E-state index contributed by atoms with van der Waals surface area (Å²) in [5.74, 6) is 0. The highest BCUT2D eigenvalue weighted by Gasteiger charge is 2.34. The lowest BCUT2D eigenvalue weighted by Crippen LogP contribution is -2.20. The summed E-state index contributed by atoms with van der Waals surface area (Å²) in [6.45, 7) is 1.95. The van der Waals surface area contributed by atoms with Crippen LogP contribution < -0.4 is 0 Å². The Morgan fingerprint density at radius 1 is 1.31 bits per heavy atom. The number of benzene rings is 1. The standard InChI is InChI=1S/C8H8BrCl3Si/c1-6(13(10,11)12)7-3-2-4-8(9)5-7/h2-6H,1H3/t6-/m0/s1. The fraction of sp³-hybridized carbons (Fsp3) is 0.250. The van der Waals surface area contributed by atoms with Crippen molar-refractivity contribution in [3.8, 4) is 0 Å². The molecule has 0 saturated carbocycles. The van der Waals surface area contributed by atoms with Crippen molar-refractivity contribution >= 4 is 55.2 Å². The van der Waals surface area contributed by atoms with Crippen molar-refractivity contribution in [2.24, 2.45) is 0 Å². The Labute approximate surface area is 101 Å². The van der Waals surface area contributed by atoms with E-state index in [-0.39, 0.29) is 5.54 Å². The zero-order valence-corrected chi connectivity index (χ0v) is 11.8. The van der Waals surface area contributed by atoms with Crippen LogP contribution >= 0.6 is 49.2 Å². The quantitative estimate of drug-likeness (QED) is 0.545. The molecule has 1 aromatic carbocycles. The van der Waals surface area contributed by atoms with Crippen molar-refractivity contribution in [1.82, 2.24) is 0 Å². The molecule has 1 aromatic rings. The minimum atomic E-state index is -2.63. The van der Waals surface area contributed by atoms with E-state index in [2.05, 4.69) is 15.9 Å². The van der Waals surface area contributed by atoms with Crippen molar-refractivity contribution < 1.29 is 0 Å². The number of halogens is 4. The van der Waals surface area contributed by atoms with Gasteiger partial charge < -0.3 is 0 Å². The van der Waals surface area contributed by atoms with Crippen LogP contribution in [0.4, 0.5) is 0 Å². The van der Waals surface area contributed by atoms with E-state index in [9.17, 15) is 0 Å². The maximum absolute atomic E-state index is 5.92. The van der Waals surface area contributed by atoms with Gasteiger partial charge in [-0.25, -0.2) is 0 Å². The Balaban J connectivity index is 2.96. The van der Waals surface area contributed by atoms with Gasteiger partial charge in [-0.3, -0.25) is 0 Å². The van der Waals surface area contributed by atoms with Gasteiger partial charge in [0.15, 0.2) is 0 Å². The summed E-state index contributed by atoms with van der Waals surface area (Å²) in [5, 5.41) is 0. The van der Waals surface area contributed by atoms with Crippen LogP contribution in [0.3, 0.4) is 0 Å². The van der Waals surface area contributed by atoms with Gasteiger partial charge in [0.1, 0.15) is 0 Å². The van der Waals surface area contributed by atoms with E-state index < -0.39 is 6.00 Å². The average molecular weight is 319 g/mol. The lowest BCUT2D eigenvalue weighted by molar-refractivity contribution is 1.06. The van der Waals surface area contributed by atoms with Gasteiger partial charge in [0.05, 0.1) is 0 Å². The van der Waals surface area contributed by atoms with E-state index in [0.717, 1.165) is 10.0 Å². The van der Waals surface area contributed by atoms with Gasteiger partial charge >= 0.3 is 6.00 Å². The summed E-state index contributed by atoms with van der Waals surface area (Å²) in [7, 11) is 0. The Morgan fingerprint density at radius 2 is 1.92 bits per heavy atom. The molecule has 1 atom stereocenters. The van der Waals surface area contributed by atoms with E-state index in [1.54, 1.807) is 0 Å². The van der Waals surface area contributed by atoms with Gasteiger partial charge in [0.25, 0.3) is 0 Å². The molecule has 0 N–H and O–H groups in total. The first-order valence-electron chi connectivity index (χ1n) is 3.73. The van der Waals surface area contributed by atoms with Gasteiger partial charge in [-0.1, -0.05) is 35.0 Å². The van der Waals surface area contributed by atoms with E-state index in [1.807, 2.05) is 31.2 Å². The highest BCUT2D eigenvalue weighted by molar-refractivity contribution is 9.10. The minimum absolute atomic E-state index is 0.0231. The highest BCUT2D eigenvalue weighted by atomic mass is 79.9. The zero-order chi connectivity index (χ0) is 10.1. The summed E-state index contributed by atoms with van der Waals surface area (Å²) in [6.07, 6.45) is 0. The molecule has 0 aliphatic heterocycles. The largest absolute Gasteiger partial charge is 0.348 e. The summed E-state index contributed by atoms with van der Waals surface area (Å²) < 4.78 is 1.01. The minimum Gasteiger partial charge on any atom is -0.125 e. The van der Waals surface area contributed by atoms with Crippen molar-refractivity contribution in [1.29, 1.82) is 0 Å². The Hall–Kier alpha value is 0.787. The molecule has 0 fully saturated rings. The number of rotatable bonds is 2. The third kappa shape index (κ3) is 3.44. The predicted molar refractivity (Wildman–Crippen MR) is 65.9 cm³/mol. The Kier molecular flexibility index (Phi) is 4.14. The summed E-state index contributed by atoms with van der Waals surface area (Å²) in [6, 6.07) is 5.23. The zero-order valence-electron chi connectivity index (χ0n) is 6.90. The Morgan fingerprint density at radius 3 is 2.38 bits per heavy atom. The summed E-state index contributed by atoms with van der Waals surface area (Å²) >= 11 is 21.2. The fourth-order valence-electron chi connectivity index (χ4n) is 0.965. The third-order valence-corrected chi connectivity index (χ3v) is 6.59. The van der Waals surface area contributed by atoms with Crippen LogP contribution in [0.1, 0.15) is 18.0 Å². The predicted octanol–water partition coefficient (Wildman–Crippen LogP) is 4.75. The van der Waals surface area contributed by atoms with E-state index in [4.69, 9.17) is 33.2 Å². The van der Waals surface area contributed by atoms with Crippen LogP contribution in [0.15, 0.2) is 28.7 Å². The summed E-state index contributed by atoms with van der Waals surface area (Å²) in [4.78, 5) is 0. The Bertz CT molecular complexity index is 298. The third-order valence-electron chi connectivity index (χ3n) is 1.84. The molecule has 0 spiro atoms. The monoisotopic (exact) mass is 316 g/mol. The van der Waals surface area contributed by atoms with Crippen molar-refractivity contribution in [2.45, 2.75) is 12.5 Å². The smallest absolute Gasteiger partial charge is 0.125 e. The normalized spacial score (nSPS) is 14.2. The molecule has 0 aliphatic rings. The molecule has 0 aromatic heterocycles. The van der Waals surface area contributed by atoms with Crippen LogP contribution in [-0.2, 0) is 0 Å². The number of hydrogen-bond donors (Lipinski definition) is 0. The van der Waals surface area contributed by atoms with Gasteiger partial charge in [-0.05, 0) is 17.7 Å². The molecule has 0 unspecified atom stereocenters. The maximum atomic E-state index is 5.92. The molecular formula is C8H8BrCl3Si. The van der Waals surface area contributed by atoms with E-state index >= 15 is 0 Å². The first kappa shape index (κ1) is 11.9. The molecule has 0 aliphatic carbocycles. The second-order valence-corrected chi connectivity index (χ2v) is 12.8. The average Bonchev–Trinajstić information content (AvgIpc) is 2.01. The van der Waals surface area contributed by atoms with Crippen LogP contribution in [0.5, 0.6) is 0 Å². The second kappa shape index (κ2) is 4.54. The SMILES string of the molecule is C[C@@H](c1cccc(Br)c1)[Si](Cl)(Cl)Cl. The number of hydrogen-bond acceptors (Lipinski definition) is 0. The lowest BCUT2D eigenvalue weighted by Gasteiger charge is -2.17.